The lowest BCUT2D eigenvalue weighted by molar-refractivity contribution is 0.0941. The number of carbonyl (C=O) groups excluding carboxylic acids is 1. The quantitative estimate of drug-likeness (QED) is 0.804. The third kappa shape index (κ3) is 4.81. The molecule has 0 spiro atoms. The van der Waals surface area contributed by atoms with Gasteiger partial charge in [0.2, 0.25) is 0 Å². The molecule has 2 aromatic rings. The van der Waals surface area contributed by atoms with E-state index >= 15 is 0 Å². The van der Waals surface area contributed by atoms with Gasteiger partial charge in [0.05, 0.1) is 10.6 Å². The molecular formula is C18H21ClN2O3S. The summed E-state index contributed by atoms with van der Waals surface area (Å²) in [6.45, 7) is 2.42. The minimum absolute atomic E-state index is 0. The van der Waals surface area contributed by atoms with Gasteiger partial charge in [-0.3, -0.25) is 4.79 Å². The number of halogens is 1. The smallest absolute Gasteiger partial charge is 0.251 e. The summed E-state index contributed by atoms with van der Waals surface area (Å²) in [4.78, 5) is 12.7. The highest BCUT2D eigenvalue weighted by Crippen LogP contribution is 2.19. The average molecular weight is 381 g/mol. The van der Waals surface area contributed by atoms with Crippen LogP contribution < -0.4 is 10.6 Å². The van der Waals surface area contributed by atoms with Gasteiger partial charge in [-0.05, 0) is 23.8 Å². The van der Waals surface area contributed by atoms with Crippen molar-refractivity contribution >= 4 is 28.2 Å². The van der Waals surface area contributed by atoms with Crippen molar-refractivity contribution in [2.75, 3.05) is 19.6 Å². The standard InChI is InChI=1S/C18H20N2O3S.ClH/c21-18(20-12-14-10-19-11-14)17-9-5-4-6-15(17)13-24(22,23)16-7-2-1-3-8-16;/h1-9,14,19H,10-13H2,(H,20,21);1H. The third-order valence-electron chi connectivity index (χ3n) is 4.13. The fraction of sp³-hybridized carbons (Fsp3) is 0.278. The first-order chi connectivity index (χ1) is 11.6. The predicted molar refractivity (Wildman–Crippen MR) is 99.7 cm³/mol. The first-order valence-corrected chi connectivity index (χ1v) is 9.56. The third-order valence-corrected chi connectivity index (χ3v) is 5.81. The highest BCUT2D eigenvalue weighted by Gasteiger charge is 2.21. The summed E-state index contributed by atoms with van der Waals surface area (Å²) in [5.74, 6) is 0.0425. The van der Waals surface area contributed by atoms with Gasteiger partial charge in [-0.2, -0.15) is 0 Å². The van der Waals surface area contributed by atoms with Gasteiger partial charge in [-0.15, -0.1) is 12.4 Å². The SMILES string of the molecule is Cl.O=C(NCC1CNC1)c1ccccc1CS(=O)(=O)c1ccccc1. The Bertz CT molecular complexity index is 821. The van der Waals surface area contributed by atoms with Gasteiger partial charge in [0.25, 0.3) is 5.91 Å². The number of rotatable bonds is 6. The molecule has 134 valence electrons. The van der Waals surface area contributed by atoms with Crippen LogP contribution in [0.2, 0.25) is 0 Å². The summed E-state index contributed by atoms with van der Waals surface area (Å²) in [7, 11) is -3.48. The molecule has 2 aromatic carbocycles. The maximum atomic E-state index is 12.6. The summed E-state index contributed by atoms with van der Waals surface area (Å²) < 4.78 is 25.1. The average Bonchev–Trinajstić information content (AvgIpc) is 2.54. The molecule has 2 N–H and O–H groups in total. The highest BCUT2D eigenvalue weighted by molar-refractivity contribution is 7.90. The molecule has 0 aliphatic carbocycles. The van der Waals surface area contributed by atoms with Crippen LogP contribution >= 0.6 is 12.4 Å². The maximum absolute atomic E-state index is 12.6. The largest absolute Gasteiger partial charge is 0.352 e. The van der Waals surface area contributed by atoms with E-state index in [2.05, 4.69) is 10.6 Å². The maximum Gasteiger partial charge on any atom is 0.251 e. The number of benzene rings is 2. The molecule has 0 saturated carbocycles. The predicted octanol–water partition coefficient (Wildman–Crippen LogP) is 2.03. The molecular weight excluding hydrogens is 360 g/mol. The molecule has 3 rings (SSSR count). The van der Waals surface area contributed by atoms with Crippen LogP contribution in [0.25, 0.3) is 0 Å². The lowest BCUT2D eigenvalue weighted by Crippen LogP contribution is -2.48. The Morgan fingerprint density at radius 1 is 1.04 bits per heavy atom. The summed E-state index contributed by atoms with van der Waals surface area (Å²) in [6.07, 6.45) is 0. The first kappa shape index (κ1) is 19.4. The van der Waals surface area contributed by atoms with Crippen molar-refractivity contribution < 1.29 is 13.2 Å². The van der Waals surface area contributed by atoms with Crippen molar-refractivity contribution in [3.05, 3.63) is 65.7 Å². The van der Waals surface area contributed by atoms with Crippen LogP contribution in [0, 0.1) is 5.92 Å². The van der Waals surface area contributed by atoms with Gasteiger partial charge in [-0.25, -0.2) is 8.42 Å². The lowest BCUT2D eigenvalue weighted by atomic mass is 10.0. The second-order valence-electron chi connectivity index (χ2n) is 5.96. The molecule has 0 atom stereocenters. The van der Waals surface area contributed by atoms with Gasteiger partial charge in [0.1, 0.15) is 0 Å². The molecule has 1 amide bonds. The molecule has 1 aliphatic rings. The van der Waals surface area contributed by atoms with Gasteiger partial charge in [0, 0.05) is 31.1 Å². The van der Waals surface area contributed by atoms with E-state index in [0.29, 0.717) is 23.6 Å². The zero-order chi connectivity index (χ0) is 17.0. The molecule has 5 nitrogen and oxygen atoms in total. The zero-order valence-corrected chi connectivity index (χ0v) is 15.3. The Kier molecular flexibility index (Phi) is 6.58. The van der Waals surface area contributed by atoms with Gasteiger partial charge in [-0.1, -0.05) is 36.4 Å². The number of hydrogen-bond acceptors (Lipinski definition) is 4. The Morgan fingerprint density at radius 3 is 2.32 bits per heavy atom. The minimum atomic E-state index is -3.48. The molecule has 25 heavy (non-hydrogen) atoms. The molecule has 0 radical (unpaired) electrons. The van der Waals surface area contributed by atoms with Crippen molar-refractivity contribution in [2.24, 2.45) is 5.92 Å². The van der Waals surface area contributed by atoms with Crippen molar-refractivity contribution in [1.29, 1.82) is 0 Å². The fourth-order valence-electron chi connectivity index (χ4n) is 2.61. The Hall–Kier alpha value is -1.89. The van der Waals surface area contributed by atoms with E-state index in [-0.39, 0.29) is 29.0 Å². The van der Waals surface area contributed by atoms with Crippen LogP contribution in [0.1, 0.15) is 15.9 Å². The van der Waals surface area contributed by atoms with E-state index < -0.39 is 9.84 Å². The van der Waals surface area contributed by atoms with E-state index in [1.54, 1.807) is 54.6 Å². The fourth-order valence-corrected chi connectivity index (χ4v) is 4.01. The van der Waals surface area contributed by atoms with Crippen LogP contribution in [0.4, 0.5) is 0 Å². The van der Waals surface area contributed by atoms with E-state index in [0.717, 1.165) is 13.1 Å². The van der Waals surface area contributed by atoms with Crippen LogP contribution in [-0.2, 0) is 15.6 Å². The molecule has 1 aliphatic heterocycles. The van der Waals surface area contributed by atoms with E-state index in [1.165, 1.54) is 0 Å². The number of hydrogen-bond donors (Lipinski definition) is 2. The van der Waals surface area contributed by atoms with Crippen molar-refractivity contribution in [3.8, 4) is 0 Å². The molecule has 1 saturated heterocycles. The highest BCUT2D eigenvalue weighted by atomic mass is 35.5. The lowest BCUT2D eigenvalue weighted by Gasteiger charge is -2.27. The monoisotopic (exact) mass is 380 g/mol. The number of carbonyl (C=O) groups is 1. The van der Waals surface area contributed by atoms with Crippen LogP contribution in [-0.4, -0.2) is 34.0 Å². The molecule has 1 heterocycles. The van der Waals surface area contributed by atoms with Crippen LogP contribution in [0.5, 0.6) is 0 Å². The normalized spacial score (nSPS) is 14.2. The molecule has 7 heteroatoms. The second-order valence-corrected chi connectivity index (χ2v) is 7.95. The minimum Gasteiger partial charge on any atom is -0.352 e. The second kappa shape index (κ2) is 8.47. The van der Waals surface area contributed by atoms with Gasteiger partial charge in [0.15, 0.2) is 9.84 Å². The Balaban J connectivity index is 0.00000225. The zero-order valence-electron chi connectivity index (χ0n) is 13.6. The van der Waals surface area contributed by atoms with Crippen molar-refractivity contribution in [2.45, 2.75) is 10.6 Å². The first-order valence-electron chi connectivity index (χ1n) is 7.91. The van der Waals surface area contributed by atoms with Crippen LogP contribution in [0.15, 0.2) is 59.5 Å². The summed E-state index contributed by atoms with van der Waals surface area (Å²) in [5, 5.41) is 6.05. The summed E-state index contributed by atoms with van der Waals surface area (Å²) >= 11 is 0. The van der Waals surface area contributed by atoms with Gasteiger partial charge >= 0.3 is 0 Å². The molecule has 1 fully saturated rings. The van der Waals surface area contributed by atoms with E-state index in [4.69, 9.17) is 0 Å². The van der Waals surface area contributed by atoms with E-state index in [1.807, 2.05) is 0 Å². The molecule has 0 bridgehead atoms. The molecule has 0 unspecified atom stereocenters. The number of sulfone groups is 1. The summed E-state index contributed by atoms with van der Waals surface area (Å²) in [5.41, 5.74) is 0.940. The van der Waals surface area contributed by atoms with E-state index in [9.17, 15) is 13.2 Å². The van der Waals surface area contributed by atoms with Crippen molar-refractivity contribution in [3.63, 3.8) is 0 Å². The topological polar surface area (TPSA) is 75.3 Å². The Morgan fingerprint density at radius 2 is 1.68 bits per heavy atom. The molecule has 0 aromatic heterocycles. The van der Waals surface area contributed by atoms with Crippen molar-refractivity contribution in [1.82, 2.24) is 10.6 Å². The number of nitrogens with one attached hydrogen (secondary N) is 2. The summed E-state index contributed by atoms with van der Waals surface area (Å²) in [6, 6.07) is 15.2. The van der Waals surface area contributed by atoms with Gasteiger partial charge < -0.3 is 10.6 Å². The van der Waals surface area contributed by atoms with Crippen LogP contribution in [0.3, 0.4) is 0 Å². The number of amides is 1. The Labute approximate surface area is 154 Å².